The van der Waals surface area contributed by atoms with Crippen molar-refractivity contribution in [1.82, 2.24) is 4.72 Å². The van der Waals surface area contributed by atoms with E-state index >= 15 is 0 Å². The Morgan fingerprint density at radius 2 is 2.12 bits per heavy atom. The summed E-state index contributed by atoms with van der Waals surface area (Å²) in [6.07, 6.45) is -0.0759. The molecule has 130 valence electrons. The molecule has 0 aliphatic heterocycles. The first-order valence-corrected chi connectivity index (χ1v) is 9.67. The van der Waals surface area contributed by atoms with Crippen LogP contribution in [0.4, 0.5) is 0 Å². The first-order valence-electron chi connectivity index (χ1n) is 6.93. The second-order valence-corrected chi connectivity index (χ2v) is 8.07. The molecule has 0 radical (unpaired) electrons. The Labute approximate surface area is 149 Å². The van der Waals surface area contributed by atoms with Crippen molar-refractivity contribution < 1.29 is 22.7 Å². The van der Waals surface area contributed by atoms with Gasteiger partial charge in [-0.1, -0.05) is 17.7 Å². The highest BCUT2D eigenvalue weighted by molar-refractivity contribution is 7.91. The van der Waals surface area contributed by atoms with Gasteiger partial charge >= 0.3 is 5.97 Å². The van der Waals surface area contributed by atoms with Crippen LogP contribution in [-0.4, -0.2) is 28.0 Å². The van der Waals surface area contributed by atoms with Crippen molar-refractivity contribution in [2.24, 2.45) is 0 Å². The maximum Gasteiger partial charge on any atom is 0.307 e. The largest absolute Gasteiger partial charge is 0.496 e. The van der Waals surface area contributed by atoms with Crippen LogP contribution < -0.4 is 9.46 Å². The molecule has 1 heterocycles. The summed E-state index contributed by atoms with van der Waals surface area (Å²) in [5.74, 6) is 0.0384. The minimum absolute atomic E-state index is 0.000239. The third-order valence-corrected chi connectivity index (χ3v) is 6.11. The van der Waals surface area contributed by atoms with E-state index in [0.29, 0.717) is 16.3 Å². The van der Waals surface area contributed by atoms with Crippen LogP contribution in [0.15, 0.2) is 39.9 Å². The highest BCUT2D eigenvalue weighted by Gasteiger charge is 2.15. The molecule has 0 bridgehead atoms. The molecule has 0 aliphatic carbocycles. The predicted octanol–water partition coefficient (Wildman–Crippen LogP) is 2.82. The number of ether oxygens (including phenoxy) is 2. The van der Waals surface area contributed by atoms with E-state index in [0.717, 1.165) is 11.3 Å². The molecule has 1 N–H and O–H groups in total. The van der Waals surface area contributed by atoms with Crippen molar-refractivity contribution >= 4 is 38.9 Å². The molecule has 0 spiro atoms. The van der Waals surface area contributed by atoms with Crippen LogP contribution in [-0.2, 0) is 26.2 Å². The Kier molecular flexibility index (Phi) is 6.61. The lowest BCUT2D eigenvalue weighted by Gasteiger charge is -2.10. The molecule has 0 unspecified atom stereocenters. The summed E-state index contributed by atoms with van der Waals surface area (Å²) < 4.78 is 36.6. The number of esters is 1. The van der Waals surface area contributed by atoms with Gasteiger partial charge in [-0.3, -0.25) is 4.79 Å². The van der Waals surface area contributed by atoms with Gasteiger partial charge in [-0.2, -0.15) is 0 Å². The summed E-state index contributed by atoms with van der Waals surface area (Å²) >= 11 is 7.01. The van der Waals surface area contributed by atoms with Crippen LogP contribution in [0.1, 0.15) is 12.0 Å². The molecule has 6 nitrogen and oxygen atoms in total. The fourth-order valence-electron chi connectivity index (χ4n) is 1.87. The number of nitrogens with one attached hydrogen (secondary N) is 1. The van der Waals surface area contributed by atoms with E-state index in [1.54, 1.807) is 29.6 Å². The number of methoxy groups -OCH3 is 1. The zero-order valence-corrected chi connectivity index (χ0v) is 15.2. The summed E-state index contributed by atoms with van der Waals surface area (Å²) in [5, 5.41) is 2.17. The Morgan fingerprint density at radius 3 is 2.79 bits per heavy atom. The molecule has 0 atom stereocenters. The van der Waals surface area contributed by atoms with Gasteiger partial charge in [0.25, 0.3) is 0 Å². The smallest absolute Gasteiger partial charge is 0.307 e. The Hall–Kier alpha value is -1.61. The van der Waals surface area contributed by atoms with Gasteiger partial charge in [0.2, 0.25) is 10.0 Å². The number of rotatable bonds is 8. The van der Waals surface area contributed by atoms with Crippen molar-refractivity contribution in [1.29, 1.82) is 0 Å². The van der Waals surface area contributed by atoms with Gasteiger partial charge in [0.1, 0.15) is 16.6 Å². The highest BCUT2D eigenvalue weighted by atomic mass is 35.5. The Bertz CT molecular complexity index is 790. The second kappa shape index (κ2) is 8.48. The normalized spacial score (nSPS) is 11.2. The van der Waals surface area contributed by atoms with Crippen LogP contribution in [0.5, 0.6) is 5.75 Å². The fourth-order valence-corrected chi connectivity index (χ4v) is 4.13. The van der Waals surface area contributed by atoms with Gasteiger partial charge in [-0.25, -0.2) is 13.1 Å². The zero-order chi connectivity index (χ0) is 17.6. The predicted molar refractivity (Wildman–Crippen MR) is 91.9 cm³/mol. The van der Waals surface area contributed by atoms with E-state index in [4.69, 9.17) is 21.1 Å². The zero-order valence-electron chi connectivity index (χ0n) is 12.8. The molecule has 2 rings (SSSR count). The fraction of sp³-hybridized carbons (Fsp3) is 0.267. The van der Waals surface area contributed by atoms with Crippen molar-refractivity contribution in [2.45, 2.75) is 17.2 Å². The van der Waals surface area contributed by atoms with Crippen LogP contribution in [0.3, 0.4) is 0 Å². The number of benzene rings is 1. The van der Waals surface area contributed by atoms with E-state index in [-0.39, 0.29) is 23.8 Å². The maximum atomic E-state index is 11.9. The minimum Gasteiger partial charge on any atom is -0.496 e. The lowest BCUT2D eigenvalue weighted by Crippen LogP contribution is -2.26. The quantitative estimate of drug-likeness (QED) is 0.702. The van der Waals surface area contributed by atoms with Gasteiger partial charge < -0.3 is 9.47 Å². The molecule has 1 aromatic carbocycles. The molecular formula is C15H16ClNO5S2. The molecule has 0 fully saturated rings. The molecule has 1 aromatic heterocycles. The van der Waals surface area contributed by atoms with Gasteiger partial charge in [0, 0.05) is 17.1 Å². The Balaban J connectivity index is 1.81. The van der Waals surface area contributed by atoms with E-state index < -0.39 is 16.0 Å². The first-order chi connectivity index (χ1) is 11.4. The number of halogens is 1. The molecule has 2 aromatic rings. The number of hydrogen-bond acceptors (Lipinski definition) is 6. The third-order valence-electron chi connectivity index (χ3n) is 3.01. The molecule has 0 saturated heterocycles. The van der Waals surface area contributed by atoms with Crippen molar-refractivity contribution in [2.75, 3.05) is 13.7 Å². The molecule has 0 aliphatic rings. The summed E-state index contributed by atoms with van der Waals surface area (Å²) in [7, 11) is -2.06. The third kappa shape index (κ3) is 5.20. The van der Waals surface area contributed by atoms with Gasteiger partial charge in [0.05, 0.1) is 13.5 Å². The van der Waals surface area contributed by atoms with E-state index in [2.05, 4.69) is 4.72 Å². The van der Waals surface area contributed by atoms with Crippen molar-refractivity contribution in [3.63, 3.8) is 0 Å². The number of thiophene rings is 1. The molecular weight excluding hydrogens is 374 g/mol. The standard InChI is InChI=1S/C15H16ClNO5S2/c1-21-13-5-4-12(16)9-11(13)10-22-14(18)6-7-17-24(19,20)15-3-2-8-23-15/h2-5,8-9,17H,6-7,10H2,1H3. The number of carbonyl (C=O) groups is 1. The van der Waals surface area contributed by atoms with Crippen molar-refractivity contribution in [3.05, 3.63) is 46.3 Å². The van der Waals surface area contributed by atoms with Crippen LogP contribution in [0.25, 0.3) is 0 Å². The summed E-state index contributed by atoms with van der Waals surface area (Å²) in [6, 6.07) is 8.14. The lowest BCUT2D eigenvalue weighted by atomic mass is 10.2. The Morgan fingerprint density at radius 1 is 1.33 bits per heavy atom. The molecule has 0 saturated carbocycles. The van der Waals surface area contributed by atoms with Gasteiger partial charge in [-0.05, 0) is 29.6 Å². The first kappa shape index (κ1) is 18.7. The molecule has 9 heteroatoms. The topological polar surface area (TPSA) is 81.7 Å². The number of hydrogen-bond donors (Lipinski definition) is 1. The minimum atomic E-state index is -3.57. The number of sulfonamides is 1. The van der Waals surface area contributed by atoms with E-state index in [1.807, 2.05) is 0 Å². The second-order valence-electron chi connectivity index (χ2n) is 4.70. The monoisotopic (exact) mass is 389 g/mol. The average Bonchev–Trinajstić information content (AvgIpc) is 3.08. The summed E-state index contributed by atoms with van der Waals surface area (Å²) in [6.45, 7) is -0.0357. The average molecular weight is 390 g/mol. The number of carbonyl (C=O) groups excluding carboxylic acids is 1. The van der Waals surface area contributed by atoms with Crippen LogP contribution in [0, 0.1) is 0 Å². The van der Waals surface area contributed by atoms with Crippen LogP contribution >= 0.6 is 22.9 Å². The van der Waals surface area contributed by atoms with E-state index in [9.17, 15) is 13.2 Å². The SMILES string of the molecule is COc1ccc(Cl)cc1COC(=O)CCNS(=O)(=O)c1cccs1. The van der Waals surface area contributed by atoms with Crippen molar-refractivity contribution in [3.8, 4) is 5.75 Å². The summed E-state index contributed by atoms with van der Waals surface area (Å²) in [4.78, 5) is 11.7. The highest BCUT2D eigenvalue weighted by Crippen LogP contribution is 2.23. The van der Waals surface area contributed by atoms with E-state index in [1.165, 1.54) is 13.2 Å². The molecule has 0 amide bonds. The molecule has 24 heavy (non-hydrogen) atoms. The lowest BCUT2D eigenvalue weighted by molar-refractivity contribution is -0.144. The van der Waals surface area contributed by atoms with Gasteiger partial charge in [0.15, 0.2) is 0 Å². The maximum absolute atomic E-state index is 11.9. The van der Waals surface area contributed by atoms with Gasteiger partial charge in [-0.15, -0.1) is 11.3 Å². The van der Waals surface area contributed by atoms with Crippen LogP contribution in [0.2, 0.25) is 5.02 Å². The summed E-state index contributed by atoms with van der Waals surface area (Å²) in [5.41, 5.74) is 0.637.